The van der Waals surface area contributed by atoms with Crippen LogP contribution in [0.4, 0.5) is 0 Å². The lowest BCUT2D eigenvalue weighted by Gasteiger charge is -2.35. The van der Waals surface area contributed by atoms with Crippen LogP contribution in [0.1, 0.15) is 12.7 Å². The van der Waals surface area contributed by atoms with Crippen molar-refractivity contribution in [3.05, 3.63) is 27.6 Å². The van der Waals surface area contributed by atoms with E-state index in [2.05, 4.69) is 31.7 Å². The minimum Gasteiger partial charge on any atom is -0.349 e. The lowest BCUT2D eigenvalue weighted by atomic mass is 10.3. The van der Waals surface area contributed by atoms with Crippen LogP contribution in [0.2, 0.25) is 0 Å². The number of aliphatic imine (C=N–C) groups is 1. The number of hydrogen-bond acceptors (Lipinski definition) is 7. The van der Waals surface area contributed by atoms with Gasteiger partial charge in [0.25, 0.3) is 5.56 Å². The largest absolute Gasteiger partial charge is 0.349 e. The van der Waals surface area contributed by atoms with E-state index in [0.29, 0.717) is 16.5 Å². The van der Waals surface area contributed by atoms with E-state index in [1.807, 2.05) is 23.2 Å². The molecule has 1 fully saturated rings. The zero-order valence-corrected chi connectivity index (χ0v) is 14.6. The first-order valence-corrected chi connectivity index (χ1v) is 9.60. The van der Waals surface area contributed by atoms with E-state index in [4.69, 9.17) is 0 Å². The maximum Gasteiger partial charge on any atom is 0.268 e. The fourth-order valence-corrected chi connectivity index (χ4v) is 4.66. The van der Waals surface area contributed by atoms with Gasteiger partial charge in [0.1, 0.15) is 10.5 Å². The fourth-order valence-electron chi connectivity index (χ4n) is 2.94. The van der Waals surface area contributed by atoms with Gasteiger partial charge in [-0.05, 0) is 11.4 Å². The van der Waals surface area contributed by atoms with Crippen LogP contribution in [-0.2, 0) is 6.54 Å². The minimum absolute atomic E-state index is 0.0238. The van der Waals surface area contributed by atoms with Gasteiger partial charge in [0.2, 0.25) is 0 Å². The topological polar surface area (TPSA) is 64.6 Å². The first kappa shape index (κ1) is 15.2. The molecule has 122 valence electrons. The molecule has 4 rings (SSSR count). The summed E-state index contributed by atoms with van der Waals surface area (Å²) in [6.45, 7) is 7.78. The zero-order valence-electron chi connectivity index (χ0n) is 13.0. The number of piperazine rings is 1. The van der Waals surface area contributed by atoms with Crippen LogP contribution in [0.3, 0.4) is 0 Å². The van der Waals surface area contributed by atoms with E-state index < -0.39 is 0 Å². The maximum atomic E-state index is 12.0. The first-order chi connectivity index (χ1) is 11.2. The molecule has 6 nitrogen and oxygen atoms in total. The molecule has 2 aliphatic heterocycles. The van der Waals surface area contributed by atoms with E-state index in [1.54, 1.807) is 0 Å². The molecule has 0 spiro atoms. The summed E-state index contributed by atoms with van der Waals surface area (Å²) < 4.78 is 0.712. The molecule has 0 saturated carbocycles. The van der Waals surface area contributed by atoms with Crippen molar-refractivity contribution < 1.29 is 0 Å². The Morgan fingerprint density at radius 1 is 1.35 bits per heavy atom. The molecule has 2 aromatic heterocycles. The number of nitrogens with zero attached hydrogens (tertiary/aromatic N) is 4. The summed E-state index contributed by atoms with van der Waals surface area (Å²) >= 11 is 3.32. The summed E-state index contributed by atoms with van der Waals surface area (Å²) in [6.07, 6.45) is 0. The molecule has 2 aliphatic rings. The molecule has 2 aromatic rings. The van der Waals surface area contributed by atoms with Crippen LogP contribution in [-0.4, -0.2) is 62.9 Å². The summed E-state index contributed by atoms with van der Waals surface area (Å²) in [5.74, 6) is 0.760. The average Bonchev–Trinajstić information content (AvgIpc) is 3.17. The molecule has 8 heteroatoms. The number of aromatic amines is 1. The van der Waals surface area contributed by atoms with Crippen molar-refractivity contribution in [1.82, 2.24) is 19.8 Å². The predicted octanol–water partition coefficient (Wildman–Crippen LogP) is 1.59. The third-order valence-electron chi connectivity index (χ3n) is 4.17. The number of nitrogens with one attached hydrogen (secondary N) is 1. The number of thioether (sulfide) groups is 1. The Kier molecular flexibility index (Phi) is 4.13. The summed E-state index contributed by atoms with van der Waals surface area (Å²) in [6, 6.07) is 1.91. The van der Waals surface area contributed by atoms with E-state index in [0.717, 1.165) is 44.1 Å². The van der Waals surface area contributed by atoms with Crippen molar-refractivity contribution in [1.29, 1.82) is 0 Å². The molecule has 0 bridgehead atoms. The van der Waals surface area contributed by atoms with Crippen LogP contribution in [0.25, 0.3) is 10.2 Å². The van der Waals surface area contributed by atoms with Gasteiger partial charge in [0, 0.05) is 31.4 Å². The van der Waals surface area contributed by atoms with Gasteiger partial charge in [0.05, 0.1) is 18.6 Å². The molecule has 1 unspecified atom stereocenters. The Morgan fingerprint density at radius 3 is 2.91 bits per heavy atom. The Labute approximate surface area is 142 Å². The molecular weight excluding hydrogens is 330 g/mol. The quantitative estimate of drug-likeness (QED) is 0.892. The van der Waals surface area contributed by atoms with Gasteiger partial charge in [-0.2, -0.15) is 0 Å². The molecule has 0 aromatic carbocycles. The number of hydrogen-bond donors (Lipinski definition) is 1. The van der Waals surface area contributed by atoms with Gasteiger partial charge in [-0.15, -0.1) is 11.3 Å². The standard InChI is InChI=1S/C15H19N5OS2/c1-10-8-16-15(23-10)20-5-3-19(4-6-20)9-12-17-11-2-7-22-13(11)14(21)18-12/h2,7,10H,3-6,8-9H2,1H3,(H,17,18,21). The van der Waals surface area contributed by atoms with Crippen LogP contribution in [0, 0.1) is 0 Å². The summed E-state index contributed by atoms with van der Waals surface area (Å²) in [5, 5.41) is 3.72. The zero-order chi connectivity index (χ0) is 15.8. The molecule has 1 N–H and O–H groups in total. The van der Waals surface area contributed by atoms with Gasteiger partial charge < -0.3 is 9.88 Å². The second-order valence-corrected chi connectivity index (χ2v) is 8.28. The summed E-state index contributed by atoms with van der Waals surface area (Å²) in [4.78, 5) is 28.9. The van der Waals surface area contributed by atoms with Crippen LogP contribution in [0.5, 0.6) is 0 Å². The van der Waals surface area contributed by atoms with Crippen LogP contribution >= 0.6 is 23.1 Å². The van der Waals surface area contributed by atoms with Gasteiger partial charge in [-0.1, -0.05) is 18.7 Å². The molecule has 23 heavy (non-hydrogen) atoms. The maximum absolute atomic E-state index is 12.0. The second kappa shape index (κ2) is 6.26. The Morgan fingerprint density at radius 2 is 2.17 bits per heavy atom. The highest BCUT2D eigenvalue weighted by molar-refractivity contribution is 8.14. The molecule has 0 radical (unpaired) electrons. The molecular formula is C15H19N5OS2. The fraction of sp³-hybridized carbons (Fsp3) is 0.533. The SMILES string of the molecule is CC1CN=C(N2CCN(Cc3nc4ccsc4c(=O)[nH]3)CC2)S1. The van der Waals surface area contributed by atoms with Crippen molar-refractivity contribution >= 4 is 38.5 Å². The van der Waals surface area contributed by atoms with E-state index in [-0.39, 0.29) is 5.56 Å². The Balaban J connectivity index is 1.39. The van der Waals surface area contributed by atoms with Crippen molar-refractivity contribution in [3.63, 3.8) is 0 Å². The summed E-state index contributed by atoms with van der Waals surface area (Å²) in [7, 11) is 0. The Hall–Kier alpha value is -1.38. The predicted molar refractivity (Wildman–Crippen MR) is 96.4 cm³/mol. The molecule has 1 saturated heterocycles. The highest BCUT2D eigenvalue weighted by Crippen LogP contribution is 2.23. The number of H-pyrrole nitrogens is 1. The lowest BCUT2D eigenvalue weighted by Crippen LogP contribution is -2.47. The smallest absolute Gasteiger partial charge is 0.268 e. The highest BCUT2D eigenvalue weighted by Gasteiger charge is 2.25. The molecule has 0 amide bonds. The van der Waals surface area contributed by atoms with Crippen molar-refractivity contribution in [2.45, 2.75) is 18.7 Å². The number of amidine groups is 1. The first-order valence-electron chi connectivity index (χ1n) is 7.84. The second-order valence-electron chi connectivity index (χ2n) is 5.96. The lowest BCUT2D eigenvalue weighted by molar-refractivity contribution is 0.174. The molecule has 1 atom stereocenters. The van der Waals surface area contributed by atoms with Gasteiger partial charge in [-0.25, -0.2) is 4.98 Å². The highest BCUT2D eigenvalue weighted by atomic mass is 32.2. The molecule has 4 heterocycles. The third kappa shape index (κ3) is 3.15. The molecule has 0 aliphatic carbocycles. The van der Waals surface area contributed by atoms with Crippen molar-refractivity contribution in [2.75, 3.05) is 32.7 Å². The minimum atomic E-state index is -0.0238. The van der Waals surface area contributed by atoms with Gasteiger partial charge in [0.15, 0.2) is 5.17 Å². The van der Waals surface area contributed by atoms with E-state index in [9.17, 15) is 4.79 Å². The number of aromatic nitrogens is 2. The third-order valence-corrected chi connectivity index (χ3v) is 6.22. The van der Waals surface area contributed by atoms with E-state index >= 15 is 0 Å². The monoisotopic (exact) mass is 349 g/mol. The number of fused-ring (bicyclic) bond motifs is 1. The average molecular weight is 349 g/mol. The van der Waals surface area contributed by atoms with E-state index in [1.165, 1.54) is 16.5 Å². The van der Waals surface area contributed by atoms with Gasteiger partial charge in [-0.3, -0.25) is 14.7 Å². The summed E-state index contributed by atoms with van der Waals surface area (Å²) in [5.41, 5.74) is 0.780. The van der Waals surface area contributed by atoms with Crippen molar-refractivity contribution in [2.24, 2.45) is 4.99 Å². The Bertz CT molecular complexity index is 791. The van der Waals surface area contributed by atoms with Crippen molar-refractivity contribution in [3.8, 4) is 0 Å². The van der Waals surface area contributed by atoms with Gasteiger partial charge >= 0.3 is 0 Å². The number of thiophene rings is 1. The normalized spacial score (nSPS) is 22.7. The van der Waals surface area contributed by atoms with Crippen LogP contribution < -0.4 is 5.56 Å². The number of rotatable bonds is 2. The van der Waals surface area contributed by atoms with Crippen LogP contribution in [0.15, 0.2) is 21.2 Å².